The number of nitrogens with zero attached hydrogens (tertiary/aromatic N) is 3. The van der Waals surface area contributed by atoms with Crippen molar-refractivity contribution in [2.45, 2.75) is 6.54 Å². The van der Waals surface area contributed by atoms with Gasteiger partial charge in [-0.3, -0.25) is 4.98 Å². The largest absolute Gasteiger partial charge is 0.496 e. The molecule has 0 fully saturated rings. The average Bonchev–Trinajstić information content (AvgIpc) is 3.11. The number of ether oxygens (including phenoxy) is 1. The van der Waals surface area contributed by atoms with E-state index in [1.807, 2.05) is 48.7 Å². The third-order valence-corrected chi connectivity index (χ3v) is 5.77. The standard InChI is InChI=1S/C22H18BrN3OS/c1-27-21-10-9-17(12-19(21)23)20-15-28-22(25-18-7-3-2-4-8-18)26(20)14-16-6-5-11-24-13-16/h2-13,15H,14H2,1H3. The predicted octanol–water partition coefficient (Wildman–Crippen LogP) is 5.66. The van der Waals surface area contributed by atoms with E-state index in [0.717, 1.165) is 37.5 Å². The summed E-state index contributed by atoms with van der Waals surface area (Å²) < 4.78 is 8.52. The monoisotopic (exact) mass is 451 g/mol. The van der Waals surface area contributed by atoms with Gasteiger partial charge < -0.3 is 9.30 Å². The van der Waals surface area contributed by atoms with Crippen molar-refractivity contribution in [2.75, 3.05) is 7.11 Å². The molecule has 2 aromatic heterocycles. The summed E-state index contributed by atoms with van der Waals surface area (Å²) in [5, 5.41) is 2.15. The van der Waals surface area contributed by atoms with Crippen molar-refractivity contribution < 1.29 is 4.74 Å². The van der Waals surface area contributed by atoms with E-state index in [4.69, 9.17) is 9.73 Å². The van der Waals surface area contributed by atoms with E-state index >= 15 is 0 Å². The molecule has 0 aliphatic carbocycles. The van der Waals surface area contributed by atoms with Crippen molar-refractivity contribution in [3.8, 4) is 17.0 Å². The molecule has 2 aromatic carbocycles. The zero-order chi connectivity index (χ0) is 19.3. The van der Waals surface area contributed by atoms with E-state index in [1.54, 1.807) is 24.6 Å². The van der Waals surface area contributed by atoms with E-state index in [0.29, 0.717) is 6.54 Å². The second-order valence-corrected chi connectivity index (χ2v) is 7.84. The molecule has 0 atom stereocenters. The Kier molecular flexibility index (Phi) is 5.69. The summed E-state index contributed by atoms with van der Waals surface area (Å²) in [5.74, 6) is 0.812. The van der Waals surface area contributed by atoms with Crippen LogP contribution in [0.25, 0.3) is 11.3 Å². The topological polar surface area (TPSA) is 39.4 Å². The van der Waals surface area contributed by atoms with Crippen LogP contribution in [-0.4, -0.2) is 16.7 Å². The van der Waals surface area contributed by atoms with Gasteiger partial charge in [0, 0.05) is 23.3 Å². The maximum atomic E-state index is 5.37. The van der Waals surface area contributed by atoms with Gasteiger partial charge in [-0.2, -0.15) is 0 Å². The fourth-order valence-electron chi connectivity index (χ4n) is 2.92. The second-order valence-electron chi connectivity index (χ2n) is 6.15. The normalized spacial score (nSPS) is 11.6. The van der Waals surface area contributed by atoms with Gasteiger partial charge in [-0.25, -0.2) is 4.99 Å². The fraction of sp³-hybridized carbons (Fsp3) is 0.0909. The molecular weight excluding hydrogens is 434 g/mol. The van der Waals surface area contributed by atoms with Gasteiger partial charge in [0.2, 0.25) is 0 Å². The summed E-state index contributed by atoms with van der Waals surface area (Å²) >= 11 is 5.22. The van der Waals surface area contributed by atoms with Gasteiger partial charge in [0.15, 0.2) is 4.80 Å². The molecule has 6 heteroatoms. The maximum absolute atomic E-state index is 5.37. The van der Waals surface area contributed by atoms with Crippen LogP contribution >= 0.6 is 27.3 Å². The van der Waals surface area contributed by atoms with E-state index in [2.05, 4.69) is 49.1 Å². The SMILES string of the molecule is COc1ccc(-c2csc(=Nc3ccccc3)n2Cc2cccnc2)cc1Br. The average molecular weight is 452 g/mol. The Balaban J connectivity index is 1.85. The summed E-state index contributed by atoms with van der Waals surface area (Å²) in [6.07, 6.45) is 3.68. The Morgan fingerprint density at radius 1 is 1.11 bits per heavy atom. The molecule has 2 heterocycles. The third-order valence-electron chi connectivity index (χ3n) is 4.29. The lowest BCUT2D eigenvalue weighted by Gasteiger charge is -2.11. The number of methoxy groups -OCH3 is 1. The van der Waals surface area contributed by atoms with Gasteiger partial charge in [0.05, 0.1) is 29.5 Å². The molecule has 4 nitrogen and oxygen atoms in total. The Morgan fingerprint density at radius 2 is 1.96 bits per heavy atom. The van der Waals surface area contributed by atoms with Gasteiger partial charge in [-0.05, 0) is 57.9 Å². The molecule has 0 radical (unpaired) electrons. The van der Waals surface area contributed by atoms with Gasteiger partial charge in [-0.1, -0.05) is 24.3 Å². The molecule has 0 aliphatic rings. The van der Waals surface area contributed by atoms with Crippen molar-refractivity contribution in [3.63, 3.8) is 0 Å². The second kappa shape index (κ2) is 8.54. The Morgan fingerprint density at radius 3 is 2.68 bits per heavy atom. The maximum Gasteiger partial charge on any atom is 0.190 e. The lowest BCUT2D eigenvalue weighted by molar-refractivity contribution is 0.412. The van der Waals surface area contributed by atoms with Gasteiger partial charge in [-0.15, -0.1) is 11.3 Å². The van der Waals surface area contributed by atoms with Crippen molar-refractivity contribution in [1.29, 1.82) is 0 Å². The van der Waals surface area contributed by atoms with Gasteiger partial charge in [0.1, 0.15) is 5.75 Å². The van der Waals surface area contributed by atoms with Crippen LogP contribution in [0.4, 0.5) is 5.69 Å². The number of hydrogen-bond donors (Lipinski definition) is 0. The van der Waals surface area contributed by atoms with Crippen LogP contribution in [-0.2, 0) is 6.54 Å². The quantitative estimate of drug-likeness (QED) is 0.392. The zero-order valence-corrected chi connectivity index (χ0v) is 17.7. The first-order chi connectivity index (χ1) is 13.7. The predicted molar refractivity (Wildman–Crippen MR) is 117 cm³/mol. The summed E-state index contributed by atoms with van der Waals surface area (Å²) in [7, 11) is 1.67. The highest BCUT2D eigenvalue weighted by molar-refractivity contribution is 9.10. The first kappa shape index (κ1) is 18.7. The summed E-state index contributed by atoms with van der Waals surface area (Å²) in [4.78, 5) is 10.1. The van der Waals surface area contributed by atoms with Gasteiger partial charge in [0.25, 0.3) is 0 Å². The number of para-hydroxylation sites is 1. The Bertz CT molecular complexity index is 1140. The molecule has 4 aromatic rings. The Hall–Kier alpha value is -2.70. The highest BCUT2D eigenvalue weighted by Crippen LogP contribution is 2.31. The van der Waals surface area contributed by atoms with Gasteiger partial charge >= 0.3 is 0 Å². The lowest BCUT2D eigenvalue weighted by atomic mass is 10.1. The van der Waals surface area contributed by atoms with Crippen LogP contribution in [0.15, 0.2) is 87.9 Å². The molecule has 0 N–H and O–H groups in total. The minimum absolute atomic E-state index is 0.696. The van der Waals surface area contributed by atoms with E-state index < -0.39 is 0 Å². The molecule has 0 aliphatic heterocycles. The molecule has 140 valence electrons. The molecule has 0 amide bonds. The molecule has 0 bridgehead atoms. The van der Waals surface area contributed by atoms with E-state index in [9.17, 15) is 0 Å². The first-order valence-corrected chi connectivity index (χ1v) is 10.4. The minimum atomic E-state index is 0.696. The highest BCUT2D eigenvalue weighted by atomic mass is 79.9. The number of aromatic nitrogens is 2. The van der Waals surface area contributed by atoms with E-state index in [1.165, 1.54) is 0 Å². The zero-order valence-electron chi connectivity index (χ0n) is 15.2. The van der Waals surface area contributed by atoms with Crippen molar-refractivity contribution in [3.05, 3.63) is 93.3 Å². The van der Waals surface area contributed by atoms with Crippen molar-refractivity contribution >= 4 is 33.0 Å². The molecule has 0 unspecified atom stereocenters. The number of pyridine rings is 1. The van der Waals surface area contributed by atoms with Crippen LogP contribution in [0.5, 0.6) is 5.75 Å². The lowest BCUT2D eigenvalue weighted by Crippen LogP contribution is -2.16. The molecule has 0 saturated carbocycles. The molecule has 0 saturated heterocycles. The summed E-state index contributed by atoms with van der Waals surface area (Å²) in [6.45, 7) is 0.696. The molecule has 0 spiro atoms. The van der Waals surface area contributed by atoms with Crippen LogP contribution in [0.3, 0.4) is 0 Å². The van der Waals surface area contributed by atoms with Crippen molar-refractivity contribution in [1.82, 2.24) is 9.55 Å². The van der Waals surface area contributed by atoms with Crippen LogP contribution in [0.1, 0.15) is 5.56 Å². The minimum Gasteiger partial charge on any atom is -0.496 e. The molecule has 28 heavy (non-hydrogen) atoms. The smallest absolute Gasteiger partial charge is 0.190 e. The fourth-order valence-corrected chi connectivity index (χ4v) is 4.38. The number of hydrogen-bond acceptors (Lipinski definition) is 4. The summed E-state index contributed by atoms with van der Waals surface area (Å²) in [5.41, 5.74) is 4.27. The molecule has 4 rings (SSSR count). The van der Waals surface area contributed by atoms with Crippen LogP contribution < -0.4 is 9.54 Å². The number of thiazole rings is 1. The number of benzene rings is 2. The summed E-state index contributed by atoms with van der Waals surface area (Å²) in [6, 6.07) is 20.2. The number of halogens is 1. The van der Waals surface area contributed by atoms with E-state index in [-0.39, 0.29) is 0 Å². The number of rotatable bonds is 5. The first-order valence-electron chi connectivity index (χ1n) is 8.75. The van der Waals surface area contributed by atoms with Crippen LogP contribution in [0, 0.1) is 0 Å². The third kappa shape index (κ3) is 4.08. The van der Waals surface area contributed by atoms with Crippen LogP contribution in [0.2, 0.25) is 0 Å². The van der Waals surface area contributed by atoms with Crippen molar-refractivity contribution in [2.24, 2.45) is 4.99 Å². The molecular formula is C22H18BrN3OS. The highest BCUT2D eigenvalue weighted by Gasteiger charge is 2.11. The Labute approximate surface area is 175 Å².